The Bertz CT molecular complexity index is 804. The van der Waals surface area contributed by atoms with Gasteiger partial charge in [-0.3, -0.25) is 9.59 Å². The summed E-state index contributed by atoms with van der Waals surface area (Å²) in [7, 11) is 1.54. The van der Waals surface area contributed by atoms with Gasteiger partial charge in [0.15, 0.2) is 6.61 Å². The maximum atomic E-state index is 12.2. The van der Waals surface area contributed by atoms with E-state index in [1.54, 1.807) is 12.1 Å². The number of benzene rings is 2. The highest BCUT2D eigenvalue weighted by Crippen LogP contribution is 2.27. The molecule has 0 aliphatic rings. The third-order valence-corrected chi connectivity index (χ3v) is 4.34. The number of likely N-dealkylation sites (N-methyl/N-ethyl adjacent to an activating group) is 1. The first-order valence-corrected chi connectivity index (χ1v) is 8.71. The lowest BCUT2D eigenvalue weighted by Gasteiger charge is -2.18. The molecule has 0 radical (unpaired) electrons. The zero-order chi connectivity index (χ0) is 19.3. The SMILES string of the molecule is Cc1cccc(C)c1NC(=O)CN(C)C(=O)COc1cc(Cl)ccc1Cl. The van der Waals surface area contributed by atoms with E-state index < -0.39 is 0 Å². The minimum absolute atomic E-state index is 0.0841. The lowest BCUT2D eigenvalue weighted by Crippen LogP contribution is -2.37. The summed E-state index contributed by atoms with van der Waals surface area (Å²) in [5.41, 5.74) is 2.69. The largest absolute Gasteiger partial charge is 0.482 e. The normalized spacial score (nSPS) is 10.3. The molecule has 2 aromatic carbocycles. The van der Waals surface area contributed by atoms with Crippen LogP contribution in [0, 0.1) is 13.8 Å². The summed E-state index contributed by atoms with van der Waals surface area (Å²) in [4.78, 5) is 25.7. The molecule has 0 aliphatic carbocycles. The van der Waals surface area contributed by atoms with Gasteiger partial charge in [-0.05, 0) is 37.1 Å². The van der Waals surface area contributed by atoms with Gasteiger partial charge in [0.1, 0.15) is 5.75 Å². The van der Waals surface area contributed by atoms with E-state index in [-0.39, 0.29) is 25.0 Å². The zero-order valence-corrected chi connectivity index (χ0v) is 16.3. The van der Waals surface area contributed by atoms with Crippen LogP contribution in [0.5, 0.6) is 5.75 Å². The minimum Gasteiger partial charge on any atom is -0.482 e. The van der Waals surface area contributed by atoms with E-state index in [2.05, 4.69) is 5.32 Å². The van der Waals surface area contributed by atoms with Gasteiger partial charge in [-0.2, -0.15) is 0 Å². The average molecular weight is 395 g/mol. The number of carbonyl (C=O) groups is 2. The standard InChI is InChI=1S/C19H20Cl2N2O3/c1-12-5-4-6-13(2)19(12)22-17(24)10-23(3)18(25)11-26-16-9-14(20)7-8-15(16)21/h4-9H,10-11H2,1-3H3,(H,22,24). The van der Waals surface area contributed by atoms with Crippen molar-refractivity contribution >= 4 is 40.7 Å². The fourth-order valence-electron chi connectivity index (χ4n) is 2.33. The van der Waals surface area contributed by atoms with Gasteiger partial charge in [0.2, 0.25) is 5.91 Å². The summed E-state index contributed by atoms with van der Waals surface area (Å²) in [5.74, 6) is -0.308. The third kappa shape index (κ3) is 5.38. The second kappa shape index (κ2) is 8.92. The van der Waals surface area contributed by atoms with Gasteiger partial charge in [-0.25, -0.2) is 0 Å². The van der Waals surface area contributed by atoms with Crippen molar-refractivity contribution in [1.82, 2.24) is 4.90 Å². The van der Waals surface area contributed by atoms with E-state index in [0.29, 0.717) is 15.8 Å². The Kier molecular flexibility index (Phi) is 6.89. The molecule has 2 rings (SSSR count). The Labute approximate surface area is 162 Å². The molecule has 0 heterocycles. The molecule has 138 valence electrons. The predicted molar refractivity (Wildman–Crippen MR) is 104 cm³/mol. The van der Waals surface area contributed by atoms with Gasteiger partial charge in [-0.1, -0.05) is 41.4 Å². The molecule has 0 saturated heterocycles. The van der Waals surface area contributed by atoms with Crippen LogP contribution in [0.1, 0.15) is 11.1 Å². The van der Waals surface area contributed by atoms with Crippen molar-refractivity contribution < 1.29 is 14.3 Å². The molecule has 0 aromatic heterocycles. The van der Waals surface area contributed by atoms with Gasteiger partial charge in [0.25, 0.3) is 5.91 Å². The fourth-order valence-corrected chi connectivity index (χ4v) is 2.67. The molecule has 5 nitrogen and oxygen atoms in total. The van der Waals surface area contributed by atoms with Crippen LogP contribution in [-0.4, -0.2) is 36.9 Å². The van der Waals surface area contributed by atoms with Crippen molar-refractivity contribution in [2.45, 2.75) is 13.8 Å². The summed E-state index contributed by atoms with van der Waals surface area (Å²) >= 11 is 11.9. The van der Waals surface area contributed by atoms with Crippen LogP contribution >= 0.6 is 23.2 Å². The van der Waals surface area contributed by atoms with E-state index in [9.17, 15) is 9.59 Å². The highest BCUT2D eigenvalue weighted by molar-refractivity contribution is 6.34. The highest BCUT2D eigenvalue weighted by atomic mass is 35.5. The van der Waals surface area contributed by atoms with E-state index in [0.717, 1.165) is 16.8 Å². The molecule has 0 atom stereocenters. The first-order chi connectivity index (χ1) is 12.3. The van der Waals surface area contributed by atoms with Crippen LogP contribution < -0.4 is 10.1 Å². The molecule has 0 aliphatic heterocycles. The summed E-state index contributed by atoms with van der Waals surface area (Å²) < 4.78 is 5.40. The maximum absolute atomic E-state index is 12.2. The van der Waals surface area contributed by atoms with E-state index in [1.807, 2.05) is 32.0 Å². The molecule has 0 fully saturated rings. The number of aryl methyl sites for hydroxylation is 2. The average Bonchev–Trinajstić information content (AvgIpc) is 2.58. The summed E-state index contributed by atoms with van der Waals surface area (Å²) in [6.45, 7) is 3.51. The molecule has 0 bridgehead atoms. The zero-order valence-electron chi connectivity index (χ0n) is 14.8. The monoisotopic (exact) mass is 394 g/mol. The fraction of sp³-hybridized carbons (Fsp3) is 0.263. The quantitative estimate of drug-likeness (QED) is 0.802. The van der Waals surface area contributed by atoms with Crippen molar-refractivity contribution in [3.63, 3.8) is 0 Å². The Balaban J connectivity index is 1.90. The molecule has 0 spiro atoms. The molecular formula is C19H20Cl2N2O3. The van der Waals surface area contributed by atoms with Gasteiger partial charge in [0.05, 0.1) is 11.6 Å². The molecule has 2 amide bonds. The maximum Gasteiger partial charge on any atom is 0.260 e. The molecule has 1 N–H and O–H groups in total. The number of hydrogen-bond acceptors (Lipinski definition) is 3. The molecule has 0 saturated carbocycles. The van der Waals surface area contributed by atoms with Crippen LogP contribution in [0.4, 0.5) is 5.69 Å². The van der Waals surface area contributed by atoms with Gasteiger partial charge >= 0.3 is 0 Å². The van der Waals surface area contributed by atoms with Gasteiger partial charge in [-0.15, -0.1) is 0 Å². The van der Waals surface area contributed by atoms with Crippen molar-refractivity contribution in [1.29, 1.82) is 0 Å². The van der Waals surface area contributed by atoms with Gasteiger partial charge in [0, 0.05) is 23.8 Å². The smallest absolute Gasteiger partial charge is 0.260 e. The lowest BCUT2D eigenvalue weighted by atomic mass is 10.1. The van der Waals surface area contributed by atoms with E-state index in [1.165, 1.54) is 18.0 Å². The van der Waals surface area contributed by atoms with E-state index >= 15 is 0 Å². The molecule has 26 heavy (non-hydrogen) atoms. The number of carbonyl (C=O) groups excluding carboxylic acids is 2. The van der Waals surface area contributed by atoms with Crippen molar-refractivity contribution in [3.05, 3.63) is 57.6 Å². The number of amides is 2. The number of hydrogen-bond donors (Lipinski definition) is 1. The van der Waals surface area contributed by atoms with Crippen LogP contribution in [-0.2, 0) is 9.59 Å². The number of ether oxygens (including phenoxy) is 1. The first kappa shape index (κ1) is 20.1. The molecule has 7 heteroatoms. The number of nitrogens with one attached hydrogen (secondary N) is 1. The van der Waals surface area contributed by atoms with Gasteiger partial charge < -0.3 is 15.0 Å². The Morgan fingerprint density at radius 1 is 1.12 bits per heavy atom. The Hall–Kier alpha value is -2.24. The summed E-state index contributed by atoms with van der Waals surface area (Å²) in [6.07, 6.45) is 0. The van der Waals surface area contributed by atoms with Crippen molar-refractivity contribution in [3.8, 4) is 5.75 Å². The number of nitrogens with zero attached hydrogens (tertiary/aromatic N) is 1. The molecular weight excluding hydrogens is 375 g/mol. The third-order valence-electron chi connectivity index (χ3n) is 3.80. The summed E-state index contributed by atoms with van der Waals surface area (Å²) in [6, 6.07) is 10.5. The number of halogens is 2. The first-order valence-electron chi connectivity index (χ1n) is 7.96. The Morgan fingerprint density at radius 2 is 1.77 bits per heavy atom. The van der Waals surface area contributed by atoms with Crippen molar-refractivity contribution in [2.75, 3.05) is 25.5 Å². The number of rotatable bonds is 6. The van der Waals surface area contributed by atoms with E-state index in [4.69, 9.17) is 27.9 Å². The van der Waals surface area contributed by atoms with Crippen LogP contribution in [0.3, 0.4) is 0 Å². The topological polar surface area (TPSA) is 58.6 Å². The lowest BCUT2D eigenvalue weighted by molar-refractivity contribution is -0.135. The summed E-state index contributed by atoms with van der Waals surface area (Å²) in [5, 5.41) is 3.66. The number of para-hydroxylation sites is 1. The van der Waals surface area contributed by atoms with Crippen LogP contribution in [0.2, 0.25) is 10.0 Å². The Morgan fingerprint density at radius 3 is 2.42 bits per heavy atom. The highest BCUT2D eigenvalue weighted by Gasteiger charge is 2.15. The van der Waals surface area contributed by atoms with Crippen LogP contribution in [0.25, 0.3) is 0 Å². The van der Waals surface area contributed by atoms with Crippen molar-refractivity contribution in [2.24, 2.45) is 0 Å². The molecule has 2 aromatic rings. The predicted octanol–water partition coefficient (Wildman–Crippen LogP) is 4.09. The minimum atomic E-state index is -0.349. The number of anilines is 1. The second-order valence-electron chi connectivity index (χ2n) is 5.93. The van der Waals surface area contributed by atoms with Crippen LogP contribution in [0.15, 0.2) is 36.4 Å². The molecule has 0 unspecified atom stereocenters. The second-order valence-corrected chi connectivity index (χ2v) is 6.77.